The molecule has 5 nitrogen and oxygen atoms in total. The highest BCUT2D eigenvalue weighted by atomic mass is 16.3. The van der Waals surface area contributed by atoms with Crippen molar-refractivity contribution in [2.75, 3.05) is 6.61 Å². The molecule has 0 spiro atoms. The Kier molecular flexibility index (Phi) is 62.9. The topological polar surface area (TPSA) is 89.8 Å². The van der Waals surface area contributed by atoms with Crippen molar-refractivity contribution in [3.05, 3.63) is 36.5 Å². The van der Waals surface area contributed by atoms with Crippen molar-refractivity contribution in [3.8, 4) is 0 Å². The fraction of sp³-hybridized carbons (Fsp3) is 0.899. The molecule has 0 saturated heterocycles. The van der Waals surface area contributed by atoms with Gasteiger partial charge in [-0.25, -0.2) is 0 Å². The lowest BCUT2D eigenvalue weighted by Gasteiger charge is -2.21. The van der Waals surface area contributed by atoms with Crippen LogP contribution in [-0.4, -0.2) is 46.1 Å². The second-order valence-corrected chi connectivity index (χ2v) is 23.4. The SMILES string of the molecule is CCCCCCCCCCCCCCCCCC/C=C\CCCCCCCCCCCCCCCCCC(O)CC(=O)NC(CO)C(O)/C=C/CC/C=C/CCCCCCCCCCCCCCCCCCCC. The van der Waals surface area contributed by atoms with Crippen LogP contribution in [0.5, 0.6) is 0 Å². The van der Waals surface area contributed by atoms with Crippen molar-refractivity contribution in [2.24, 2.45) is 0 Å². The van der Waals surface area contributed by atoms with E-state index in [0.717, 1.165) is 32.1 Å². The van der Waals surface area contributed by atoms with Crippen LogP contribution in [-0.2, 0) is 4.79 Å². The number of amides is 1. The minimum atomic E-state index is -0.953. The molecule has 0 heterocycles. The maximum atomic E-state index is 12.6. The monoisotopic (exact) mass is 1040 g/mol. The van der Waals surface area contributed by atoms with E-state index in [1.807, 2.05) is 6.08 Å². The number of hydrogen-bond acceptors (Lipinski definition) is 4. The van der Waals surface area contributed by atoms with Crippen LogP contribution >= 0.6 is 0 Å². The third-order valence-electron chi connectivity index (χ3n) is 15.9. The van der Waals surface area contributed by atoms with Gasteiger partial charge in [-0.2, -0.15) is 0 Å². The fourth-order valence-electron chi connectivity index (χ4n) is 10.8. The summed E-state index contributed by atoms with van der Waals surface area (Å²) in [5, 5.41) is 33.6. The highest BCUT2D eigenvalue weighted by Crippen LogP contribution is 2.19. The summed E-state index contributed by atoms with van der Waals surface area (Å²) in [6, 6.07) is -0.762. The molecule has 438 valence electrons. The van der Waals surface area contributed by atoms with Gasteiger partial charge in [0, 0.05) is 0 Å². The quantitative estimate of drug-likeness (QED) is 0.0361. The first-order valence-electron chi connectivity index (χ1n) is 33.8. The molecule has 3 atom stereocenters. The van der Waals surface area contributed by atoms with Crippen molar-refractivity contribution in [1.82, 2.24) is 5.32 Å². The zero-order valence-electron chi connectivity index (χ0n) is 50.3. The number of aliphatic hydroxyl groups is 3. The molecule has 0 aliphatic carbocycles. The summed E-state index contributed by atoms with van der Waals surface area (Å²) < 4.78 is 0. The van der Waals surface area contributed by atoms with Crippen LogP contribution in [0, 0.1) is 0 Å². The first-order chi connectivity index (χ1) is 36.5. The number of carbonyl (C=O) groups is 1. The molecule has 5 heteroatoms. The number of carbonyl (C=O) groups excluding carboxylic acids is 1. The van der Waals surface area contributed by atoms with E-state index >= 15 is 0 Å². The number of allylic oxidation sites excluding steroid dienone is 5. The number of unbranched alkanes of at least 4 members (excludes halogenated alkanes) is 50. The van der Waals surface area contributed by atoms with Gasteiger partial charge in [-0.15, -0.1) is 0 Å². The molecule has 0 aromatic heterocycles. The highest BCUT2D eigenvalue weighted by molar-refractivity contribution is 5.76. The summed E-state index contributed by atoms with van der Waals surface area (Å²) in [5.74, 6) is -0.319. The van der Waals surface area contributed by atoms with Crippen LogP contribution in [0.2, 0.25) is 0 Å². The van der Waals surface area contributed by atoms with E-state index in [-0.39, 0.29) is 18.9 Å². The van der Waals surface area contributed by atoms with Crippen LogP contribution in [0.1, 0.15) is 373 Å². The van der Waals surface area contributed by atoms with Gasteiger partial charge in [-0.3, -0.25) is 4.79 Å². The first-order valence-corrected chi connectivity index (χ1v) is 33.8. The minimum absolute atomic E-state index is 0.00840. The molecule has 0 aromatic carbocycles. The molecule has 0 saturated carbocycles. The zero-order valence-corrected chi connectivity index (χ0v) is 50.3. The van der Waals surface area contributed by atoms with Gasteiger partial charge in [0.1, 0.15) is 0 Å². The Labute approximate surface area is 464 Å². The normalized spacial score (nSPS) is 13.3. The van der Waals surface area contributed by atoms with Gasteiger partial charge in [0.05, 0.1) is 31.3 Å². The molecule has 0 bridgehead atoms. The number of rotatable bonds is 63. The number of aliphatic hydroxyl groups excluding tert-OH is 3. The molecule has 3 unspecified atom stereocenters. The van der Waals surface area contributed by atoms with E-state index in [1.54, 1.807) is 6.08 Å². The molecule has 0 aliphatic rings. The molecule has 4 N–H and O–H groups in total. The van der Waals surface area contributed by atoms with Gasteiger partial charge in [0.25, 0.3) is 0 Å². The third kappa shape index (κ3) is 59.8. The second kappa shape index (κ2) is 64.1. The fourth-order valence-corrected chi connectivity index (χ4v) is 10.8. The lowest BCUT2D eigenvalue weighted by Crippen LogP contribution is -2.45. The van der Waals surface area contributed by atoms with E-state index in [4.69, 9.17) is 0 Å². The standard InChI is InChI=1S/C69H133NO4/c1-3-5-7-9-11-13-15-17-19-21-23-25-27-29-30-31-32-33-34-35-36-37-38-39-40-42-44-46-48-50-52-54-56-58-60-62-66(72)64-69(74)70-67(65-71)68(73)63-61-59-57-55-53-51-49-47-45-43-41-28-26-24-22-20-18-16-14-12-10-8-6-4-2/h33-34,53,55,61,63,66-68,71-73H,3-32,35-52,54,56-60,62,64-65H2,1-2H3,(H,70,74)/b34-33-,55-53+,63-61+. The molecule has 0 fully saturated rings. The van der Waals surface area contributed by atoms with Gasteiger partial charge in [-0.1, -0.05) is 346 Å². The van der Waals surface area contributed by atoms with Gasteiger partial charge in [0.2, 0.25) is 5.91 Å². The predicted octanol–water partition coefficient (Wildman–Crippen LogP) is 21.7. The smallest absolute Gasteiger partial charge is 0.222 e. The Morgan fingerprint density at radius 2 is 0.581 bits per heavy atom. The first kappa shape index (κ1) is 72.6. The van der Waals surface area contributed by atoms with Crippen molar-refractivity contribution in [1.29, 1.82) is 0 Å². The van der Waals surface area contributed by atoms with Crippen molar-refractivity contribution >= 4 is 5.91 Å². The molecule has 1 amide bonds. The number of hydrogen-bond donors (Lipinski definition) is 4. The summed E-state index contributed by atoms with van der Waals surface area (Å²) in [4.78, 5) is 12.6. The summed E-state index contributed by atoms with van der Waals surface area (Å²) in [7, 11) is 0. The van der Waals surface area contributed by atoms with Gasteiger partial charge in [-0.05, 0) is 57.8 Å². The largest absolute Gasteiger partial charge is 0.394 e. The molecular formula is C69H133NO4. The Bertz CT molecular complexity index is 1150. The van der Waals surface area contributed by atoms with Crippen LogP contribution in [0.25, 0.3) is 0 Å². The lowest BCUT2D eigenvalue weighted by atomic mass is 10.0. The van der Waals surface area contributed by atoms with E-state index in [1.165, 1.54) is 315 Å². The highest BCUT2D eigenvalue weighted by Gasteiger charge is 2.20. The molecule has 74 heavy (non-hydrogen) atoms. The zero-order chi connectivity index (χ0) is 53.6. The maximum absolute atomic E-state index is 12.6. The molecule has 0 radical (unpaired) electrons. The lowest BCUT2D eigenvalue weighted by molar-refractivity contribution is -0.124. The molecule has 0 aliphatic heterocycles. The van der Waals surface area contributed by atoms with Crippen LogP contribution < -0.4 is 5.32 Å². The summed E-state index contributed by atoms with van der Waals surface area (Å²) in [5.41, 5.74) is 0. The summed E-state index contributed by atoms with van der Waals surface area (Å²) >= 11 is 0. The molecule has 0 rings (SSSR count). The molecule has 0 aromatic rings. The van der Waals surface area contributed by atoms with Crippen molar-refractivity contribution in [2.45, 2.75) is 392 Å². The Morgan fingerprint density at radius 3 is 0.865 bits per heavy atom. The number of nitrogens with one attached hydrogen (secondary N) is 1. The Morgan fingerprint density at radius 1 is 0.338 bits per heavy atom. The van der Waals surface area contributed by atoms with Crippen LogP contribution in [0.15, 0.2) is 36.5 Å². The average Bonchev–Trinajstić information content (AvgIpc) is 3.40. The molecular weight excluding hydrogens is 907 g/mol. The summed E-state index contributed by atoms with van der Waals surface area (Å²) in [6.07, 6.45) is 85.4. The van der Waals surface area contributed by atoms with Gasteiger partial charge < -0.3 is 20.6 Å². The second-order valence-electron chi connectivity index (χ2n) is 23.4. The van der Waals surface area contributed by atoms with Crippen LogP contribution in [0.4, 0.5) is 0 Å². The van der Waals surface area contributed by atoms with Crippen molar-refractivity contribution < 1.29 is 20.1 Å². The van der Waals surface area contributed by atoms with E-state index < -0.39 is 18.2 Å². The maximum Gasteiger partial charge on any atom is 0.222 e. The average molecular weight is 1040 g/mol. The summed E-state index contributed by atoms with van der Waals surface area (Å²) in [6.45, 7) is 4.25. The van der Waals surface area contributed by atoms with Crippen LogP contribution in [0.3, 0.4) is 0 Å². The Hall–Kier alpha value is -1.43. The predicted molar refractivity (Wildman–Crippen MR) is 328 cm³/mol. The van der Waals surface area contributed by atoms with Gasteiger partial charge >= 0.3 is 0 Å². The third-order valence-corrected chi connectivity index (χ3v) is 15.9. The van der Waals surface area contributed by atoms with Crippen molar-refractivity contribution in [3.63, 3.8) is 0 Å². The Balaban J connectivity index is 3.51. The van der Waals surface area contributed by atoms with E-state index in [2.05, 4.69) is 43.5 Å². The van der Waals surface area contributed by atoms with E-state index in [9.17, 15) is 20.1 Å². The van der Waals surface area contributed by atoms with Gasteiger partial charge in [0.15, 0.2) is 0 Å². The van der Waals surface area contributed by atoms with E-state index in [0.29, 0.717) is 6.42 Å². The minimum Gasteiger partial charge on any atom is -0.394 e.